The summed E-state index contributed by atoms with van der Waals surface area (Å²) in [6.45, 7) is 5.62. The average molecular weight is 204 g/mol. The number of aromatic nitrogens is 2. The van der Waals surface area contributed by atoms with Gasteiger partial charge in [0.25, 0.3) is 6.43 Å². The van der Waals surface area contributed by atoms with Crippen molar-refractivity contribution in [2.75, 3.05) is 7.11 Å². The second-order valence-corrected chi connectivity index (χ2v) is 3.99. The van der Waals surface area contributed by atoms with E-state index in [9.17, 15) is 8.78 Å². The maximum atomic E-state index is 12.4. The molecule has 0 spiro atoms. The molecule has 1 heterocycles. The molecule has 0 fully saturated rings. The zero-order valence-corrected chi connectivity index (χ0v) is 8.71. The molecule has 0 radical (unpaired) electrons. The standard InChI is InChI=1S/C9H14F2N2O/c1-9(2,3)13-7(14-4)5-6(12-13)8(10)11/h5,8H,1-4H3. The lowest BCUT2D eigenvalue weighted by atomic mass is 10.1. The second kappa shape index (κ2) is 3.55. The Morgan fingerprint density at radius 2 is 2.00 bits per heavy atom. The highest BCUT2D eigenvalue weighted by molar-refractivity contribution is 5.18. The van der Waals surface area contributed by atoms with Gasteiger partial charge in [-0.2, -0.15) is 5.10 Å². The number of rotatable bonds is 2. The molecule has 14 heavy (non-hydrogen) atoms. The molecule has 0 unspecified atom stereocenters. The molecule has 0 N–H and O–H groups in total. The summed E-state index contributed by atoms with van der Waals surface area (Å²) in [4.78, 5) is 0. The first-order valence-corrected chi connectivity index (χ1v) is 4.29. The average Bonchev–Trinajstić information content (AvgIpc) is 2.46. The molecule has 0 aliphatic heterocycles. The summed E-state index contributed by atoms with van der Waals surface area (Å²) in [5, 5.41) is 3.79. The van der Waals surface area contributed by atoms with Crippen molar-refractivity contribution in [1.82, 2.24) is 9.78 Å². The summed E-state index contributed by atoms with van der Waals surface area (Å²) in [6, 6.07) is 1.26. The summed E-state index contributed by atoms with van der Waals surface area (Å²) >= 11 is 0. The van der Waals surface area contributed by atoms with Crippen LogP contribution in [-0.2, 0) is 5.54 Å². The van der Waals surface area contributed by atoms with Crippen LogP contribution in [0.25, 0.3) is 0 Å². The van der Waals surface area contributed by atoms with E-state index >= 15 is 0 Å². The van der Waals surface area contributed by atoms with Gasteiger partial charge in [0.1, 0.15) is 5.69 Å². The van der Waals surface area contributed by atoms with Crippen LogP contribution in [0, 0.1) is 0 Å². The van der Waals surface area contributed by atoms with Gasteiger partial charge in [-0.25, -0.2) is 13.5 Å². The van der Waals surface area contributed by atoms with Crippen LogP contribution in [0.5, 0.6) is 5.88 Å². The molecule has 5 heteroatoms. The van der Waals surface area contributed by atoms with Gasteiger partial charge in [0.15, 0.2) is 0 Å². The molecule has 0 aliphatic carbocycles. The predicted molar refractivity (Wildman–Crippen MR) is 48.7 cm³/mol. The summed E-state index contributed by atoms with van der Waals surface area (Å²) in [5.41, 5.74) is -0.616. The van der Waals surface area contributed by atoms with Crippen molar-refractivity contribution in [3.8, 4) is 5.88 Å². The van der Waals surface area contributed by atoms with E-state index in [0.717, 1.165) is 0 Å². The largest absolute Gasteiger partial charge is 0.481 e. The molecule has 1 aromatic rings. The van der Waals surface area contributed by atoms with Crippen LogP contribution in [0.2, 0.25) is 0 Å². The lowest BCUT2D eigenvalue weighted by Gasteiger charge is -2.21. The Morgan fingerprint density at radius 3 is 2.29 bits per heavy atom. The van der Waals surface area contributed by atoms with E-state index < -0.39 is 6.43 Å². The summed E-state index contributed by atoms with van der Waals surface area (Å²) < 4.78 is 31.1. The Hall–Kier alpha value is -1.13. The fraction of sp³-hybridized carbons (Fsp3) is 0.667. The van der Waals surface area contributed by atoms with Gasteiger partial charge in [0.2, 0.25) is 5.88 Å². The monoisotopic (exact) mass is 204 g/mol. The normalized spacial score (nSPS) is 12.2. The Labute approximate surface area is 81.7 Å². The molecular weight excluding hydrogens is 190 g/mol. The first-order valence-electron chi connectivity index (χ1n) is 4.29. The van der Waals surface area contributed by atoms with Crippen LogP contribution in [0.1, 0.15) is 32.9 Å². The minimum atomic E-state index is -2.56. The van der Waals surface area contributed by atoms with Crippen molar-refractivity contribution in [3.05, 3.63) is 11.8 Å². The molecular formula is C9H14F2N2O. The van der Waals surface area contributed by atoms with E-state index in [-0.39, 0.29) is 11.2 Å². The maximum Gasteiger partial charge on any atom is 0.282 e. The number of halogens is 2. The summed E-state index contributed by atoms with van der Waals surface area (Å²) in [7, 11) is 1.44. The predicted octanol–water partition coefficient (Wildman–Crippen LogP) is 2.58. The maximum absolute atomic E-state index is 12.4. The van der Waals surface area contributed by atoms with Crippen LogP contribution in [0.4, 0.5) is 8.78 Å². The van der Waals surface area contributed by atoms with Crippen molar-refractivity contribution in [3.63, 3.8) is 0 Å². The van der Waals surface area contributed by atoms with Crippen molar-refractivity contribution in [1.29, 1.82) is 0 Å². The third-order valence-corrected chi connectivity index (χ3v) is 1.76. The van der Waals surface area contributed by atoms with Crippen molar-refractivity contribution < 1.29 is 13.5 Å². The van der Waals surface area contributed by atoms with Gasteiger partial charge < -0.3 is 4.74 Å². The lowest BCUT2D eigenvalue weighted by Crippen LogP contribution is -2.23. The van der Waals surface area contributed by atoms with Gasteiger partial charge >= 0.3 is 0 Å². The number of alkyl halides is 2. The van der Waals surface area contributed by atoms with Crippen LogP contribution >= 0.6 is 0 Å². The quantitative estimate of drug-likeness (QED) is 0.740. The molecule has 0 aromatic carbocycles. The van der Waals surface area contributed by atoms with Gasteiger partial charge in [-0.15, -0.1) is 0 Å². The Kier molecular flexibility index (Phi) is 2.78. The molecule has 80 valence electrons. The third-order valence-electron chi connectivity index (χ3n) is 1.76. The van der Waals surface area contributed by atoms with Crippen LogP contribution < -0.4 is 4.74 Å². The van der Waals surface area contributed by atoms with Crippen molar-refractivity contribution >= 4 is 0 Å². The van der Waals surface area contributed by atoms with Gasteiger partial charge in [-0.3, -0.25) is 0 Å². The highest BCUT2D eigenvalue weighted by Gasteiger charge is 2.23. The molecule has 1 rings (SSSR count). The lowest BCUT2D eigenvalue weighted by molar-refractivity contribution is 0.143. The number of methoxy groups -OCH3 is 1. The van der Waals surface area contributed by atoms with E-state index in [1.54, 1.807) is 0 Å². The molecule has 0 saturated carbocycles. The fourth-order valence-electron chi connectivity index (χ4n) is 1.11. The molecule has 1 aromatic heterocycles. The van der Waals surface area contributed by atoms with Crippen LogP contribution in [0.3, 0.4) is 0 Å². The SMILES string of the molecule is COc1cc(C(F)F)nn1C(C)(C)C. The number of hydrogen-bond acceptors (Lipinski definition) is 2. The second-order valence-electron chi connectivity index (χ2n) is 3.99. The first-order chi connectivity index (χ1) is 6.36. The van der Waals surface area contributed by atoms with Gasteiger partial charge in [0.05, 0.1) is 12.6 Å². The third kappa shape index (κ3) is 2.02. The highest BCUT2D eigenvalue weighted by Crippen LogP contribution is 2.27. The van der Waals surface area contributed by atoms with E-state index in [4.69, 9.17) is 4.74 Å². The first kappa shape index (κ1) is 10.9. The Balaban J connectivity index is 3.16. The molecule has 0 atom stereocenters. The van der Waals surface area contributed by atoms with E-state index in [2.05, 4.69) is 5.10 Å². The molecule has 0 aliphatic rings. The van der Waals surface area contributed by atoms with Gasteiger partial charge in [0, 0.05) is 6.07 Å². The zero-order valence-electron chi connectivity index (χ0n) is 8.71. The minimum Gasteiger partial charge on any atom is -0.481 e. The highest BCUT2D eigenvalue weighted by atomic mass is 19.3. The fourth-order valence-corrected chi connectivity index (χ4v) is 1.11. The summed E-state index contributed by atoms with van der Waals surface area (Å²) in [5.74, 6) is 0.354. The summed E-state index contributed by atoms with van der Waals surface area (Å²) in [6.07, 6.45) is -2.56. The Bertz CT molecular complexity index is 315. The molecule has 3 nitrogen and oxygen atoms in total. The van der Waals surface area contributed by atoms with Gasteiger partial charge in [-0.1, -0.05) is 0 Å². The topological polar surface area (TPSA) is 27.1 Å². The minimum absolute atomic E-state index is 0.253. The zero-order chi connectivity index (χ0) is 10.9. The number of nitrogens with zero attached hydrogens (tertiary/aromatic N) is 2. The number of ether oxygens (including phenoxy) is 1. The Morgan fingerprint density at radius 1 is 1.43 bits per heavy atom. The molecule has 0 amide bonds. The van der Waals surface area contributed by atoms with Crippen molar-refractivity contribution in [2.24, 2.45) is 0 Å². The number of hydrogen-bond donors (Lipinski definition) is 0. The van der Waals surface area contributed by atoms with Gasteiger partial charge in [-0.05, 0) is 20.8 Å². The molecule has 0 saturated heterocycles. The molecule has 0 bridgehead atoms. The van der Waals surface area contributed by atoms with E-state index in [1.807, 2.05) is 20.8 Å². The van der Waals surface area contributed by atoms with Crippen molar-refractivity contribution in [2.45, 2.75) is 32.7 Å². The smallest absolute Gasteiger partial charge is 0.282 e. The van der Waals surface area contributed by atoms with E-state index in [0.29, 0.717) is 5.88 Å². The van der Waals surface area contributed by atoms with Crippen LogP contribution in [-0.4, -0.2) is 16.9 Å². The van der Waals surface area contributed by atoms with Crippen LogP contribution in [0.15, 0.2) is 6.07 Å². The van der Waals surface area contributed by atoms with E-state index in [1.165, 1.54) is 17.9 Å².